The van der Waals surface area contributed by atoms with Crippen LogP contribution >= 0.6 is 22.9 Å². The highest BCUT2D eigenvalue weighted by Gasteiger charge is 2.29. The molecule has 0 fully saturated rings. The van der Waals surface area contributed by atoms with Crippen LogP contribution in [0.1, 0.15) is 69.3 Å². The SMILES string of the molecule is CCOC(=O)c1c(NC(=O)c2c(C)c3cc(Cl)ccc3n2CC)sc(C(=O)N(CC)CC)c1C. The van der Waals surface area contributed by atoms with E-state index in [-0.39, 0.29) is 24.0 Å². The zero-order valence-corrected chi connectivity index (χ0v) is 21.9. The van der Waals surface area contributed by atoms with Crippen LogP contribution in [0.2, 0.25) is 5.02 Å². The van der Waals surface area contributed by atoms with Gasteiger partial charge in [-0.1, -0.05) is 11.6 Å². The van der Waals surface area contributed by atoms with Crippen LogP contribution in [-0.2, 0) is 11.3 Å². The van der Waals surface area contributed by atoms with E-state index < -0.39 is 5.97 Å². The van der Waals surface area contributed by atoms with Gasteiger partial charge in [0.05, 0.1) is 17.0 Å². The number of nitrogens with one attached hydrogen (secondary N) is 1. The molecule has 0 atom stereocenters. The minimum Gasteiger partial charge on any atom is -0.462 e. The number of aromatic nitrogens is 1. The average molecular weight is 504 g/mol. The van der Waals surface area contributed by atoms with E-state index >= 15 is 0 Å². The van der Waals surface area contributed by atoms with Gasteiger partial charge in [-0.2, -0.15) is 0 Å². The highest BCUT2D eigenvalue weighted by molar-refractivity contribution is 7.18. The Morgan fingerprint density at radius 3 is 2.35 bits per heavy atom. The number of benzene rings is 1. The second-order valence-electron chi connectivity index (χ2n) is 7.79. The van der Waals surface area contributed by atoms with Gasteiger partial charge in [-0.05, 0) is 70.9 Å². The molecular formula is C25H30ClN3O4S. The lowest BCUT2D eigenvalue weighted by molar-refractivity contribution is 0.0527. The lowest BCUT2D eigenvalue weighted by atomic mass is 10.1. The highest BCUT2D eigenvalue weighted by Crippen LogP contribution is 2.36. The molecule has 34 heavy (non-hydrogen) atoms. The standard InChI is InChI=1S/C25H30ClN3O4S/c1-7-28(8-2)24(31)21-15(6)19(25(32)33-10-4)23(34-21)27-22(30)20-14(5)17-13-16(26)11-12-18(17)29(20)9-3/h11-13H,7-10H2,1-6H3,(H,27,30). The monoisotopic (exact) mass is 503 g/mol. The number of hydrogen-bond acceptors (Lipinski definition) is 5. The summed E-state index contributed by atoms with van der Waals surface area (Å²) in [6.07, 6.45) is 0. The molecule has 3 aromatic rings. The Kier molecular flexibility index (Phi) is 8.05. The number of thiophene rings is 1. The fourth-order valence-electron chi connectivity index (χ4n) is 4.19. The van der Waals surface area contributed by atoms with Crippen LogP contribution in [0.5, 0.6) is 0 Å². The highest BCUT2D eigenvalue weighted by atomic mass is 35.5. The molecule has 0 aliphatic rings. The summed E-state index contributed by atoms with van der Waals surface area (Å²) < 4.78 is 7.16. The molecule has 3 rings (SSSR count). The zero-order chi connectivity index (χ0) is 25.2. The molecule has 1 aromatic carbocycles. The maximum Gasteiger partial charge on any atom is 0.341 e. The third kappa shape index (κ3) is 4.57. The summed E-state index contributed by atoms with van der Waals surface area (Å²) in [4.78, 5) is 41.5. The van der Waals surface area contributed by atoms with Gasteiger partial charge in [0.25, 0.3) is 11.8 Å². The van der Waals surface area contributed by atoms with E-state index in [1.165, 1.54) is 0 Å². The van der Waals surface area contributed by atoms with Gasteiger partial charge in [-0.15, -0.1) is 11.3 Å². The van der Waals surface area contributed by atoms with Gasteiger partial charge in [-0.3, -0.25) is 9.59 Å². The summed E-state index contributed by atoms with van der Waals surface area (Å²) >= 11 is 7.30. The summed E-state index contributed by atoms with van der Waals surface area (Å²) in [7, 11) is 0. The largest absolute Gasteiger partial charge is 0.462 e. The van der Waals surface area contributed by atoms with Crippen molar-refractivity contribution in [2.24, 2.45) is 0 Å². The van der Waals surface area contributed by atoms with Crippen LogP contribution in [0.15, 0.2) is 18.2 Å². The molecule has 0 aliphatic heterocycles. The van der Waals surface area contributed by atoms with Gasteiger partial charge in [0.1, 0.15) is 10.7 Å². The minimum atomic E-state index is -0.565. The topological polar surface area (TPSA) is 80.6 Å². The first kappa shape index (κ1) is 25.8. The fraction of sp³-hybridized carbons (Fsp3) is 0.400. The van der Waals surface area contributed by atoms with Crippen molar-refractivity contribution in [1.29, 1.82) is 0 Å². The van der Waals surface area contributed by atoms with Gasteiger partial charge < -0.3 is 19.5 Å². The first-order valence-corrected chi connectivity index (χ1v) is 12.6. The number of amides is 2. The molecule has 1 N–H and O–H groups in total. The predicted octanol–water partition coefficient (Wildman–Crippen LogP) is 5.90. The maximum absolute atomic E-state index is 13.5. The Hall–Kier alpha value is -2.84. The molecular weight excluding hydrogens is 474 g/mol. The van der Waals surface area contributed by atoms with Crippen molar-refractivity contribution in [2.45, 2.75) is 48.1 Å². The molecule has 0 saturated carbocycles. The number of fused-ring (bicyclic) bond motifs is 1. The summed E-state index contributed by atoms with van der Waals surface area (Å²) in [5, 5.41) is 4.69. The molecule has 182 valence electrons. The van der Waals surface area contributed by atoms with Gasteiger partial charge in [-0.25, -0.2) is 4.79 Å². The number of nitrogens with zero attached hydrogens (tertiary/aromatic N) is 2. The van der Waals surface area contributed by atoms with Crippen LogP contribution in [0.4, 0.5) is 5.00 Å². The van der Waals surface area contributed by atoms with E-state index in [2.05, 4.69) is 5.32 Å². The van der Waals surface area contributed by atoms with Gasteiger partial charge in [0.2, 0.25) is 0 Å². The summed E-state index contributed by atoms with van der Waals surface area (Å²) in [6, 6.07) is 5.53. The van der Waals surface area contributed by atoms with E-state index in [1.807, 2.05) is 44.4 Å². The van der Waals surface area contributed by atoms with Crippen LogP contribution in [-0.4, -0.2) is 46.9 Å². The molecule has 2 heterocycles. The molecule has 0 unspecified atom stereocenters. The number of hydrogen-bond donors (Lipinski definition) is 1. The summed E-state index contributed by atoms with van der Waals surface area (Å²) in [5.74, 6) is -1.10. The van der Waals surface area contributed by atoms with Crippen molar-refractivity contribution in [3.05, 3.63) is 50.5 Å². The van der Waals surface area contributed by atoms with Crippen molar-refractivity contribution >= 4 is 56.6 Å². The van der Waals surface area contributed by atoms with E-state index in [4.69, 9.17) is 16.3 Å². The van der Waals surface area contributed by atoms with Gasteiger partial charge in [0, 0.05) is 35.6 Å². The molecule has 2 amide bonds. The van der Waals surface area contributed by atoms with Crippen molar-refractivity contribution in [3.8, 4) is 0 Å². The van der Waals surface area contributed by atoms with E-state index in [0.717, 1.165) is 27.8 Å². The number of carbonyl (C=O) groups is 3. The molecule has 9 heteroatoms. The van der Waals surface area contributed by atoms with Crippen molar-refractivity contribution in [2.75, 3.05) is 25.0 Å². The van der Waals surface area contributed by atoms with Crippen molar-refractivity contribution in [3.63, 3.8) is 0 Å². The zero-order valence-electron chi connectivity index (χ0n) is 20.4. The van der Waals surface area contributed by atoms with E-state index in [9.17, 15) is 14.4 Å². The lowest BCUT2D eigenvalue weighted by Crippen LogP contribution is -2.30. The number of anilines is 1. The quantitative estimate of drug-likeness (QED) is 0.388. The second kappa shape index (κ2) is 10.6. The smallest absolute Gasteiger partial charge is 0.341 e. The van der Waals surface area contributed by atoms with Crippen LogP contribution in [0.3, 0.4) is 0 Å². The third-order valence-electron chi connectivity index (χ3n) is 5.91. The van der Waals surface area contributed by atoms with Crippen LogP contribution < -0.4 is 5.32 Å². The van der Waals surface area contributed by atoms with Crippen LogP contribution in [0.25, 0.3) is 10.9 Å². The normalized spacial score (nSPS) is 11.0. The number of halogens is 1. The Labute approximate surface area is 208 Å². The molecule has 0 radical (unpaired) electrons. The van der Waals surface area contributed by atoms with Crippen molar-refractivity contribution < 1.29 is 19.1 Å². The first-order chi connectivity index (χ1) is 16.2. The number of carbonyl (C=O) groups excluding carboxylic acids is 3. The molecule has 0 spiro atoms. The van der Waals surface area contributed by atoms with E-state index in [1.54, 1.807) is 24.8 Å². The fourth-order valence-corrected chi connectivity index (χ4v) is 5.52. The molecule has 7 nitrogen and oxygen atoms in total. The summed E-state index contributed by atoms with van der Waals surface area (Å²) in [5.41, 5.74) is 2.91. The number of ether oxygens (including phenoxy) is 1. The Bertz CT molecular complexity index is 1260. The molecule has 0 saturated heterocycles. The molecule has 0 aliphatic carbocycles. The number of rotatable bonds is 8. The van der Waals surface area contributed by atoms with Crippen LogP contribution in [0, 0.1) is 13.8 Å². The number of esters is 1. The number of aryl methyl sites for hydroxylation is 2. The first-order valence-electron chi connectivity index (χ1n) is 11.4. The maximum atomic E-state index is 13.5. The Morgan fingerprint density at radius 1 is 1.09 bits per heavy atom. The predicted molar refractivity (Wildman–Crippen MR) is 138 cm³/mol. The van der Waals surface area contributed by atoms with E-state index in [0.29, 0.717) is 45.8 Å². The minimum absolute atomic E-state index is 0.174. The molecule has 2 aromatic heterocycles. The third-order valence-corrected chi connectivity index (χ3v) is 7.34. The Balaban J connectivity index is 2.11. The Morgan fingerprint density at radius 2 is 1.76 bits per heavy atom. The molecule has 0 bridgehead atoms. The second-order valence-corrected chi connectivity index (χ2v) is 9.25. The van der Waals surface area contributed by atoms with Crippen molar-refractivity contribution in [1.82, 2.24) is 9.47 Å². The van der Waals surface area contributed by atoms with Gasteiger partial charge >= 0.3 is 5.97 Å². The average Bonchev–Trinajstić information content (AvgIpc) is 3.27. The lowest BCUT2D eigenvalue weighted by Gasteiger charge is -2.18. The summed E-state index contributed by atoms with van der Waals surface area (Å²) in [6.45, 7) is 12.9. The van der Waals surface area contributed by atoms with Gasteiger partial charge in [0.15, 0.2) is 0 Å².